The van der Waals surface area contributed by atoms with E-state index < -0.39 is 6.10 Å². The normalized spacial score (nSPS) is 11.5. The summed E-state index contributed by atoms with van der Waals surface area (Å²) in [6.07, 6.45) is -0.612. The minimum atomic E-state index is -0.612. The summed E-state index contributed by atoms with van der Waals surface area (Å²) in [6, 6.07) is 27.3. The molecule has 4 heteroatoms. The molecule has 0 aromatic heterocycles. The van der Waals surface area contributed by atoms with Gasteiger partial charge in [0.05, 0.1) is 7.11 Å². The van der Waals surface area contributed by atoms with Crippen molar-refractivity contribution in [3.63, 3.8) is 0 Å². The minimum Gasteiger partial charge on any atom is -0.497 e. The zero-order valence-electron chi connectivity index (χ0n) is 16.2. The lowest BCUT2D eigenvalue weighted by Gasteiger charge is -2.26. The third-order valence-electron chi connectivity index (χ3n) is 4.45. The summed E-state index contributed by atoms with van der Waals surface area (Å²) in [5.41, 5.74) is 2.17. The van der Waals surface area contributed by atoms with Crippen molar-refractivity contribution in [2.75, 3.05) is 7.11 Å². The zero-order chi connectivity index (χ0) is 19.8. The molecule has 0 heterocycles. The predicted molar refractivity (Wildman–Crippen MR) is 110 cm³/mol. The van der Waals surface area contributed by atoms with Crippen molar-refractivity contribution in [1.29, 1.82) is 0 Å². The number of ether oxygens (including phenoxy) is 2. The Labute approximate surface area is 166 Å². The molecule has 0 saturated heterocycles. The maximum absolute atomic E-state index is 13.2. The van der Waals surface area contributed by atoms with E-state index in [4.69, 9.17) is 9.47 Å². The monoisotopic (exact) mass is 375 g/mol. The van der Waals surface area contributed by atoms with Gasteiger partial charge in [0.1, 0.15) is 11.5 Å². The second-order valence-electron chi connectivity index (χ2n) is 6.60. The number of hydrogen-bond acceptors (Lipinski definition) is 3. The molecule has 0 radical (unpaired) electrons. The van der Waals surface area contributed by atoms with Crippen LogP contribution >= 0.6 is 0 Å². The topological polar surface area (TPSA) is 38.8 Å². The van der Waals surface area contributed by atoms with Crippen LogP contribution in [0.5, 0.6) is 11.5 Å². The molecule has 0 aliphatic heterocycles. The number of methoxy groups -OCH3 is 1. The van der Waals surface area contributed by atoms with Gasteiger partial charge in [0, 0.05) is 19.2 Å². The van der Waals surface area contributed by atoms with Gasteiger partial charge in [-0.15, -0.1) is 0 Å². The summed E-state index contributed by atoms with van der Waals surface area (Å²) in [4.78, 5) is 15.0. The highest BCUT2D eigenvalue weighted by atomic mass is 16.5. The number of benzene rings is 3. The summed E-state index contributed by atoms with van der Waals surface area (Å²) in [5, 5.41) is 0. The minimum absolute atomic E-state index is 0.0597. The lowest BCUT2D eigenvalue weighted by molar-refractivity contribution is -0.139. The van der Waals surface area contributed by atoms with Gasteiger partial charge in [-0.05, 0) is 30.2 Å². The Morgan fingerprint density at radius 3 is 1.89 bits per heavy atom. The van der Waals surface area contributed by atoms with Crippen LogP contribution in [0.15, 0.2) is 84.9 Å². The van der Waals surface area contributed by atoms with Crippen LogP contribution < -0.4 is 9.47 Å². The van der Waals surface area contributed by atoms with Crippen molar-refractivity contribution < 1.29 is 14.3 Å². The van der Waals surface area contributed by atoms with Crippen LogP contribution in [-0.4, -0.2) is 24.0 Å². The van der Waals surface area contributed by atoms with Gasteiger partial charge in [-0.3, -0.25) is 4.79 Å². The smallest absolute Gasteiger partial charge is 0.263 e. The molecular weight excluding hydrogens is 350 g/mol. The van der Waals surface area contributed by atoms with Crippen molar-refractivity contribution in [2.45, 2.75) is 26.1 Å². The molecule has 0 fully saturated rings. The Hall–Kier alpha value is -3.27. The highest BCUT2D eigenvalue weighted by Crippen LogP contribution is 2.21. The van der Waals surface area contributed by atoms with Gasteiger partial charge in [0.2, 0.25) is 0 Å². The van der Waals surface area contributed by atoms with E-state index in [1.165, 1.54) is 0 Å². The number of nitrogens with zero attached hydrogens (tertiary/aromatic N) is 1. The van der Waals surface area contributed by atoms with Crippen molar-refractivity contribution in [1.82, 2.24) is 4.90 Å². The second-order valence-corrected chi connectivity index (χ2v) is 6.60. The highest BCUT2D eigenvalue weighted by molar-refractivity contribution is 5.81. The van der Waals surface area contributed by atoms with Crippen LogP contribution in [0.2, 0.25) is 0 Å². The standard InChI is InChI=1S/C24H25NO3/c1-19(28-23-15-9-14-22(16-23)27-2)24(26)25(17-20-10-5-3-6-11-20)18-21-12-7-4-8-13-21/h3-16,19H,17-18H2,1-2H3/t19-/m1/s1. The molecule has 0 bridgehead atoms. The first-order valence-electron chi connectivity index (χ1n) is 9.33. The molecule has 0 N–H and O–H groups in total. The SMILES string of the molecule is COc1cccc(O[C@H](C)C(=O)N(Cc2ccccc2)Cc2ccccc2)c1. The molecular formula is C24H25NO3. The largest absolute Gasteiger partial charge is 0.497 e. The van der Waals surface area contributed by atoms with Crippen molar-refractivity contribution >= 4 is 5.91 Å². The first-order valence-corrected chi connectivity index (χ1v) is 9.33. The van der Waals surface area contributed by atoms with E-state index in [0.717, 1.165) is 11.1 Å². The van der Waals surface area contributed by atoms with E-state index >= 15 is 0 Å². The van der Waals surface area contributed by atoms with Gasteiger partial charge < -0.3 is 14.4 Å². The van der Waals surface area contributed by atoms with Crippen LogP contribution in [-0.2, 0) is 17.9 Å². The second kappa shape index (κ2) is 9.60. The Balaban J connectivity index is 1.76. The number of amides is 1. The Morgan fingerprint density at radius 1 is 0.821 bits per heavy atom. The molecule has 3 aromatic rings. The average molecular weight is 375 g/mol. The van der Waals surface area contributed by atoms with Crippen molar-refractivity contribution in [2.24, 2.45) is 0 Å². The Morgan fingerprint density at radius 2 is 1.36 bits per heavy atom. The molecule has 3 rings (SSSR count). The van der Waals surface area contributed by atoms with Crippen LogP contribution in [0.3, 0.4) is 0 Å². The molecule has 0 saturated carbocycles. The Bertz CT molecular complexity index is 839. The third kappa shape index (κ3) is 5.36. The lowest BCUT2D eigenvalue weighted by atomic mass is 10.1. The average Bonchev–Trinajstić information content (AvgIpc) is 2.74. The molecule has 0 aliphatic rings. The van der Waals surface area contributed by atoms with Gasteiger partial charge in [0.15, 0.2) is 6.10 Å². The summed E-state index contributed by atoms with van der Waals surface area (Å²) < 4.78 is 11.1. The molecule has 3 aromatic carbocycles. The maximum atomic E-state index is 13.2. The fourth-order valence-corrected chi connectivity index (χ4v) is 3.01. The van der Waals surface area contributed by atoms with E-state index in [2.05, 4.69) is 0 Å². The summed E-state index contributed by atoms with van der Waals surface area (Å²) in [6.45, 7) is 2.84. The van der Waals surface area contributed by atoms with Crippen LogP contribution in [0.4, 0.5) is 0 Å². The van der Waals surface area contributed by atoms with E-state index in [1.54, 1.807) is 20.1 Å². The van der Waals surface area contributed by atoms with E-state index in [9.17, 15) is 4.79 Å². The molecule has 4 nitrogen and oxygen atoms in total. The summed E-state index contributed by atoms with van der Waals surface area (Å²) in [5.74, 6) is 1.25. The molecule has 0 unspecified atom stereocenters. The van der Waals surface area contributed by atoms with Crippen LogP contribution in [0.25, 0.3) is 0 Å². The Kier molecular flexibility index (Phi) is 6.68. The first-order chi connectivity index (χ1) is 13.7. The third-order valence-corrected chi connectivity index (χ3v) is 4.45. The number of rotatable bonds is 8. The van der Waals surface area contributed by atoms with E-state index in [0.29, 0.717) is 24.6 Å². The van der Waals surface area contributed by atoms with E-state index in [-0.39, 0.29) is 5.91 Å². The summed E-state index contributed by atoms with van der Waals surface area (Å²) >= 11 is 0. The van der Waals surface area contributed by atoms with Gasteiger partial charge in [-0.25, -0.2) is 0 Å². The van der Waals surface area contributed by atoms with Crippen molar-refractivity contribution in [3.05, 3.63) is 96.1 Å². The fraction of sp³-hybridized carbons (Fsp3) is 0.208. The fourth-order valence-electron chi connectivity index (χ4n) is 3.01. The zero-order valence-corrected chi connectivity index (χ0v) is 16.2. The molecule has 0 spiro atoms. The highest BCUT2D eigenvalue weighted by Gasteiger charge is 2.23. The van der Waals surface area contributed by atoms with Gasteiger partial charge in [-0.1, -0.05) is 66.7 Å². The molecule has 1 atom stereocenters. The molecule has 1 amide bonds. The van der Waals surface area contributed by atoms with Gasteiger partial charge in [-0.2, -0.15) is 0 Å². The predicted octanol–water partition coefficient (Wildman–Crippen LogP) is 4.69. The summed E-state index contributed by atoms with van der Waals surface area (Å²) in [7, 11) is 1.61. The quantitative estimate of drug-likeness (QED) is 0.573. The molecule has 144 valence electrons. The van der Waals surface area contributed by atoms with Gasteiger partial charge in [0.25, 0.3) is 5.91 Å². The van der Waals surface area contributed by atoms with Crippen LogP contribution in [0.1, 0.15) is 18.1 Å². The van der Waals surface area contributed by atoms with E-state index in [1.807, 2.05) is 83.8 Å². The number of hydrogen-bond donors (Lipinski definition) is 0. The number of carbonyl (C=O) groups excluding carboxylic acids is 1. The van der Waals surface area contributed by atoms with Gasteiger partial charge >= 0.3 is 0 Å². The maximum Gasteiger partial charge on any atom is 0.263 e. The molecule has 28 heavy (non-hydrogen) atoms. The first kappa shape index (κ1) is 19.5. The van der Waals surface area contributed by atoms with Crippen molar-refractivity contribution in [3.8, 4) is 11.5 Å². The lowest BCUT2D eigenvalue weighted by Crippen LogP contribution is -2.39. The number of carbonyl (C=O) groups is 1. The van der Waals surface area contributed by atoms with Crippen LogP contribution in [0, 0.1) is 0 Å². The molecule has 0 aliphatic carbocycles.